The van der Waals surface area contributed by atoms with Gasteiger partial charge in [-0.25, -0.2) is 0 Å². The van der Waals surface area contributed by atoms with E-state index in [1.807, 2.05) is 30.3 Å². The molecule has 0 saturated heterocycles. The van der Waals surface area contributed by atoms with Crippen LogP contribution in [0.2, 0.25) is 0 Å². The number of anilines is 1. The average molecular weight is 412 g/mol. The molecule has 0 aliphatic carbocycles. The van der Waals surface area contributed by atoms with Gasteiger partial charge in [0.25, 0.3) is 17.7 Å². The van der Waals surface area contributed by atoms with Crippen molar-refractivity contribution in [2.45, 2.75) is 13.3 Å². The zero-order valence-electron chi connectivity index (χ0n) is 16.9. The number of benzene rings is 3. The summed E-state index contributed by atoms with van der Waals surface area (Å²) in [5.74, 6) is -1.28. The van der Waals surface area contributed by atoms with Crippen LogP contribution in [-0.4, -0.2) is 34.9 Å². The maximum absolute atomic E-state index is 12.8. The number of hydrogen-bond acceptors (Lipinski definition) is 4. The van der Waals surface area contributed by atoms with Crippen LogP contribution in [-0.2, 0) is 6.42 Å². The molecular weight excluding hydrogens is 392 g/mol. The Bertz CT molecular complexity index is 1200. The lowest BCUT2D eigenvalue weighted by molar-refractivity contribution is 0.0655. The Labute approximate surface area is 179 Å². The lowest BCUT2D eigenvalue weighted by Gasteiger charge is -2.13. The third-order valence-corrected chi connectivity index (χ3v) is 5.23. The van der Waals surface area contributed by atoms with Crippen LogP contribution in [0.1, 0.15) is 53.9 Å². The fourth-order valence-corrected chi connectivity index (χ4v) is 3.54. The Kier molecular flexibility index (Phi) is 5.45. The van der Waals surface area contributed by atoms with Gasteiger partial charge in [0, 0.05) is 23.4 Å². The molecular formula is C25H20N2O4. The number of carbonyl (C=O) groups is 4. The summed E-state index contributed by atoms with van der Waals surface area (Å²) in [5, 5.41) is 2.73. The fourth-order valence-electron chi connectivity index (χ4n) is 3.54. The van der Waals surface area contributed by atoms with Crippen molar-refractivity contribution in [1.82, 2.24) is 4.90 Å². The second-order valence-corrected chi connectivity index (χ2v) is 7.35. The average Bonchev–Trinajstić information content (AvgIpc) is 3.02. The van der Waals surface area contributed by atoms with Crippen molar-refractivity contribution in [2.24, 2.45) is 0 Å². The summed E-state index contributed by atoms with van der Waals surface area (Å²) < 4.78 is 0. The molecule has 0 unspecified atom stereocenters. The highest BCUT2D eigenvalue weighted by atomic mass is 16.2. The van der Waals surface area contributed by atoms with E-state index in [9.17, 15) is 19.2 Å². The van der Waals surface area contributed by atoms with E-state index in [0.29, 0.717) is 23.2 Å². The SMILES string of the molecule is CC(=O)c1cccc(NC(=O)c2ccc3c(c2)C(=O)N(CCc2ccccc2)C3=O)c1. The number of imide groups is 1. The summed E-state index contributed by atoms with van der Waals surface area (Å²) >= 11 is 0. The molecule has 31 heavy (non-hydrogen) atoms. The summed E-state index contributed by atoms with van der Waals surface area (Å²) in [6.07, 6.45) is 0.562. The summed E-state index contributed by atoms with van der Waals surface area (Å²) in [4.78, 5) is 50.9. The molecule has 1 aliphatic heterocycles. The van der Waals surface area contributed by atoms with Crippen LogP contribution in [0.25, 0.3) is 0 Å². The highest BCUT2D eigenvalue weighted by Crippen LogP contribution is 2.25. The lowest BCUT2D eigenvalue weighted by atomic mass is 10.0. The normalized spacial score (nSPS) is 12.6. The van der Waals surface area contributed by atoms with Crippen LogP contribution in [0.15, 0.2) is 72.8 Å². The van der Waals surface area contributed by atoms with Gasteiger partial charge >= 0.3 is 0 Å². The molecule has 6 nitrogen and oxygen atoms in total. The largest absolute Gasteiger partial charge is 0.322 e. The highest BCUT2D eigenvalue weighted by molar-refractivity contribution is 6.22. The highest BCUT2D eigenvalue weighted by Gasteiger charge is 2.35. The third kappa shape index (κ3) is 4.14. The molecule has 0 spiro atoms. The van der Waals surface area contributed by atoms with Gasteiger partial charge < -0.3 is 5.32 Å². The van der Waals surface area contributed by atoms with Gasteiger partial charge in [-0.2, -0.15) is 0 Å². The Balaban J connectivity index is 1.50. The van der Waals surface area contributed by atoms with Gasteiger partial charge in [-0.3, -0.25) is 24.1 Å². The zero-order chi connectivity index (χ0) is 22.0. The van der Waals surface area contributed by atoms with Crippen molar-refractivity contribution in [3.8, 4) is 0 Å². The van der Waals surface area contributed by atoms with Gasteiger partial charge in [0.2, 0.25) is 0 Å². The minimum atomic E-state index is -0.425. The number of nitrogens with zero attached hydrogens (tertiary/aromatic N) is 1. The molecule has 1 aliphatic rings. The van der Waals surface area contributed by atoms with Gasteiger partial charge in [-0.05, 0) is 49.2 Å². The van der Waals surface area contributed by atoms with Crippen molar-refractivity contribution in [1.29, 1.82) is 0 Å². The molecule has 3 aromatic rings. The molecule has 1 heterocycles. The molecule has 0 saturated carbocycles. The molecule has 0 fully saturated rings. The molecule has 0 bridgehead atoms. The molecule has 1 N–H and O–H groups in total. The number of amides is 3. The Morgan fingerprint density at radius 2 is 1.55 bits per heavy atom. The Morgan fingerprint density at radius 1 is 0.806 bits per heavy atom. The quantitative estimate of drug-likeness (QED) is 0.490. The predicted octanol–water partition coefficient (Wildman–Crippen LogP) is 3.98. The maximum atomic E-state index is 12.8. The van der Waals surface area contributed by atoms with Crippen LogP contribution in [0, 0.1) is 0 Å². The maximum Gasteiger partial charge on any atom is 0.261 e. The van der Waals surface area contributed by atoms with Crippen LogP contribution < -0.4 is 5.32 Å². The van der Waals surface area contributed by atoms with Crippen molar-refractivity contribution >= 4 is 29.2 Å². The van der Waals surface area contributed by atoms with Crippen LogP contribution >= 0.6 is 0 Å². The monoisotopic (exact) mass is 412 g/mol. The van der Waals surface area contributed by atoms with Crippen molar-refractivity contribution in [3.05, 3.63) is 101 Å². The summed E-state index contributed by atoms with van der Waals surface area (Å²) in [7, 11) is 0. The fraction of sp³-hybridized carbons (Fsp3) is 0.120. The lowest BCUT2D eigenvalue weighted by Crippen LogP contribution is -2.31. The minimum Gasteiger partial charge on any atom is -0.322 e. The molecule has 0 atom stereocenters. The van der Waals surface area contributed by atoms with Crippen LogP contribution in [0.3, 0.4) is 0 Å². The van der Waals surface area contributed by atoms with E-state index in [-0.39, 0.29) is 29.4 Å². The van der Waals surface area contributed by atoms with E-state index in [1.165, 1.54) is 30.0 Å². The minimum absolute atomic E-state index is 0.103. The first-order valence-electron chi connectivity index (χ1n) is 9.90. The van der Waals surface area contributed by atoms with Crippen LogP contribution in [0.5, 0.6) is 0 Å². The zero-order valence-corrected chi connectivity index (χ0v) is 16.9. The molecule has 0 radical (unpaired) electrons. The number of Topliss-reactive ketones (excluding diaryl/α,β-unsaturated/α-hetero) is 1. The molecule has 3 aromatic carbocycles. The Morgan fingerprint density at radius 3 is 2.29 bits per heavy atom. The van der Waals surface area contributed by atoms with Crippen molar-refractivity contribution in [2.75, 3.05) is 11.9 Å². The van der Waals surface area contributed by atoms with Gasteiger partial charge in [0.15, 0.2) is 5.78 Å². The van der Waals surface area contributed by atoms with E-state index >= 15 is 0 Å². The summed E-state index contributed by atoms with van der Waals surface area (Å²) in [6, 6.07) is 20.7. The number of rotatable bonds is 6. The smallest absolute Gasteiger partial charge is 0.261 e. The summed E-state index contributed by atoms with van der Waals surface area (Å²) in [5.41, 5.74) is 2.79. The van der Waals surface area contributed by atoms with E-state index in [0.717, 1.165) is 5.56 Å². The molecule has 154 valence electrons. The first kappa shape index (κ1) is 20.2. The van der Waals surface area contributed by atoms with Crippen molar-refractivity contribution in [3.63, 3.8) is 0 Å². The van der Waals surface area contributed by atoms with E-state index in [4.69, 9.17) is 0 Å². The van der Waals surface area contributed by atoms with Crippen LogP contribution in [0.4, 0.5) is 5.69 Å². The van der Waals surface area contributed by atoms with Gasteiger partial charge in [0.05, 0.1) is 11.1 Å². The number of hydrogen-bond donors (Lipinski definition) is 1. The van der Waals surface area contributed by atoms with E-state index in [2.05, 4.69) is 5.32 Å². The standard InChI is InChI=1S/C25H20N2O4/c1-16(28)18-8-5-9-20(14-18)26-23(29)19-10-11-21-22(15-19)25(31)27(24(21)30)13-12-17-6-3-2-4-7-17/h2-11,14-15H,12-13H2,1H3,(H,26,29). The second kappa shape index (κ2) is 8.36. The van der Waals surface area contributed by atoms with E-state index in [1.54, 1.807) is 24.3 Å². The van der Waals surface area contributed by atoms with Gasteiger partial charge in [0.1, 0.15) is 0 Å². The predicted molar refractivity (Wildman–Crippen MR) is 116 cm³/mol. The molecule has 0 aromatic heterocycles. The number of nitrogens with one attached hydrogen (secondary N) is 1. The second-order valence-electron chi connectivity index (χ2n) is 7.35. The number of carbonyl (C=O) groups excluding carboxylic acids is 4. The van der Waals surface area contributed by atoms with Gasteiger partial charge in [-0.1, -0.05) is 42.5 Å². The third-order valence-electron chi connectivity index (χ3n) is 5.23. The molecule has 6 heteroatoms. The topological polar surface area (TPSA) is 83.6 Å². The number of ketones is 1. The van der Waals surface area contributed by atoms with E-state index < -0.39 is 11.8 Å². The number of fused-ring (bicyclic) bond motifs is 1. The Hall–Kier alpha value is -4.06. The molecule has 3 amide bonds. The molecule has 4 rings (SSSR count). The first-order chi connectivity index (χ1) is 14.9. The first-order valence-corrected chi connectivity index (χ1v) is 9.90. The van der Waals surface area contributed by atoms with Gasteiger partial charge in [-0.15, -0.1) is 0 Å². The van der Waals surface area contributed by atoms with Crippen molar-refractivity contribution < 1.29 is 19.2 Å². The summed E-state index contributed by atoms with van der Waals surface area (Å²) in [6.45, 7) is 1.73.